The van der Waals surface area contributed by atoms with Crippen molar-refractivity contribution >= 4 is 10.1 Å². The number of hydrogen-bond acceptors (Lipinski definition) is 5. The van der Waals surface area contributed by atoms with Crippen molar-refractivity contribution in [2.24, 2.45) is 0 Å². The summed E-state index contributed by atoms with van der Waals surface area (Å²) in [7, 11) is -4.05. The quantitative estimate of drug-likeness (QED) is 0.344. The first kappa shape index (κ1) is 16.8. The number of nitrogens with zero attached hydrogens (tertiary/aromatic N) is 1. The van der Waals surface area contributed by atoms with Crippen LogP contribution in [0.25, 0.3) is 0 Å². The molecule has 1 atom stereocenters. The molecule has 16 heavy (non-hydrogen) atoms. The molecule has 0 aliphatic carbocycles. The van der Waals surface area contributed by atoms with Crippen LogP contribution in [0.15, 0.2) is 0 Å². The molecule has 1 heterocycles. The van der Waals surface area contributed by atoms with Crippen LogP contribution in [0.4, 0.5) is 0 Å². The van der Waals surface area contributed by atoms with Crippen molar-refractivity contribution < 1.29 is 47.6 Å². The topological polar surface area (TPSA) is 89.9 Å². The maximum absolute atomic E-state index is 11.1. The van der Waals surface area contributed by atoms with E-state index in [1.807, 2.05) is 0 Å². The van der Waals surface area contributed by atoms with Gasteiger partial charge >= 0.3 is 29.6 Å². The van der Waals surface area contributed by atoms with E-state index in [4.69, 9.17) is 9.66 Å². The Balaban J connectivity index is 0.00000225. The van der Waals surface area contributed by atoms with E-state index in [1.165, 1.54) is 0 Å². The van der Waals surface area contributed by atoms with Crippen molar-refractivity contribution in [2.75, 3.05) is 32.8 Å². The molecule has 1 unspecified atom stereocenters. The summed E-state index contributed by atoms with van der Waals surface area (Å²) >= 11 is 0. The average Bonchev–Trinajstić information content (AvgIpc) is 2.18. The van der Waals surface area contributed by atoms with Crippen LogP contribution in [-0.4, -0.2) is 61.1 Å². The molecule has 1 saturated heterocycles. The van der Waals surface area contributed by atoms with E-state index in [0.717, 1.165) is 13.1 Å². The van der Waals surface area contributed by atoms with Crippen LogP contribution in [0, 0.1) is 0 Å². The molecule has 0 spiro atoms. The fourth-order valence-electron chi connectivity index (χ4n) is 1.76. The molecule has 0 amide bonds. The zero-order valence-corrected chi connectivity index (χ0v) is 12.4. The first-order chi connectivity index (χ1) is 7.05. The van der Waals surface area contributed by atoms with Gasteiger partial charge in [0.15, 0.2) is 0 Å². The van der Waals surface area contributed by atoms with E-state index in [9.17, 15) is 8.42 Å². The molecule has 0 aromatic heterocycles. The van der Waals surface area contributed by atoms with E-state index in [1.54, 1.807) is 4.90 Å². The minimum atomic E-state index is -4.05. The molecule has 6 nitrogen and oxygen atoms in total. The van der Waals surface area contributed by atoms with Crippen LogP contribution in [-0.2, 0) is 10.1 Å². The smallest absolute Gasteiger partial charge is 0.396 e. The molecule has 0 radical (unpaired) electrons. The third-order valence-corrected chi connectivity index (χ3v) is 3.73. The number of aliphatic hydroxyl groups is 1. The van der Waals surface area contributed by atoms with Crippen molar-refractivity contribution in [1.82, 2.24) is 10.2 Å². The molecule has 1 rings (SSSR count). The first-order valence-electron chi connectivity index (χ1n) is 5.07. The number of hydrogen-bond donors (Lipinski definition) is 3. The second kappa shape index (κ2) is 7.99. The summed E-state index contributed by atoms with van der Waals surface area (Å²) in [6.45, 7) is 2.61. The van der Waals surface area contributed by atoms with Gasteiger partial charge in [-0.1, -0.05) is 0 Å². The summed E-state index contributed by atoms with van der Waals surface area (Å²) in [5.74, 6) is 0. The number of piperazine rings is 1. The molecule has 3 N–H and O–H groups in total. The summed E-state index contributed by atoms with van der Waals surface area (Å²) in [6.07, 6.45) is 0.656. The third kappa shape index (κ3) is 5.42. The van der Waals surface area contributed by atoms with Gasteiger partial charge in [0.25, 0.3) is 10.1 Å². The molecule has 1 fully saturated rings. The Hall–Kier alpha value is 0.790. The van der Waals surface area contributed by atoms with Gasteiger partial charge in [-0.3, -0.25) is 9.45 Å². The molecule has 1 aliphatic heterocycles. The minimum Gasteiger partial charge on any atom is -0.396 e. The molecule has 0 bridgehead atoms. The third-order valence-electron chi connectivity index (χ3n) is 2.51. The summed E-state index contributed by atoms with van der Waals surface area (Å²) < 4.78 is 31.4. The van der Waals surface area contributed by atoms with Crippen molar-refractivity contribution in [1.29, 1.82) is 0 Å². The van der Waals surface area contributed by atoms with E-state index < -0.39 is 15.5 Å². The van der Waals surface area contributed by atoms with E-state index >= 15 is 0 Å². The number of nitrogens with one attached hydrogen (secondary N) is 1. The monoisotopic (exact) mass is 261 g/mol. The predicted octanol–water partition coefficient (Wildman–Crippen LogP) is -4.12. The van der Waals surface area contributed by atoms with Crippen LogP contribution >= 0.6 is 0 Å². The Morgan fingerprint density at radius 3 is 2.31 bits per heavy atom. The van der Waals surface area contributed by atoms with Gasteiger partial charge in [-0.15, -0.1) is 0 Å². The fourth-order valence-corrected chi connectivity index (χ4v) is 2.81. The van der Waals surface area contributed by atoms with Crippen LogP contribution < -0.4 is 34.9 Å². The predicted molar refractivity (Wildman–Crippen MR) is 56.1 cm³/mol. The van der Waals surface area contributed by atoms with Crippen LogP contribution in [0.5, 0.6) is 0 Å². The molecular formula is C8H18N2NaO4S+. The van der Waals surface area contributed by atoms with Gasteiger partial charge < -0.3 is 10.4 Å². The second-order valence-electron chi connectivity index (χ2n) is 3.62. The summed E-state index contributed by atoms with van der Waals surface area (Å²) in [5, 5.41) is 10.9. The normalized spacial score (nSPS) is 20.1. The molecule has 0 aromatic rings. The van der Waals surface area contributed by atoms with Gasteiger partial charge in [-0.2, -0.15) is 8.42 Å². The molecule has 0 saturated carbocycles. The van der Waals surface area contributed by atoms with Crippen molar-refractivity contribution in [3.8, 4) is 0 Å². The Kier molecular flexibility index (Phi) is 8.39. The van der Waals surface area contributed by atoms with Crippen molar-refractivity contribution in [3.63, 3.8) is 0 Å². The van der Waals surface area contributed by atoms with Gasteiger partial charge in [0.05, 0.1) is 0 Å². The minimum absolute atomic E-state index is 0. The standard InChI is InChI=1S/C8H18N2O4S.Na/c11-7-1-2-8(15(12,13)14)10-5-3-9-4-6-10;/h8-9,11H,1-7H2,(H,12,13,14);/q;+1. The SMILES string of the molecule is O=S(=O)(O)C(CCCO)N1CCNCC1.[Na+]. The molecule has 90 valence electrons. The van der Waals surface area contributed by atoms with Crippen LogP contribution in [0.3, 0.4) is 0 Å². The van der Waals surface area contributed by atoms with Crippen LogP contribution in [0.1, 0.15) is 12.8 Å². The Morgan fingerprint density at radius 1 is 1.31 bits per heavy atom. The maximum Gasteiger partial charge on any atom is 1.00 e. The Bertz CT molecular complexity index is 280. The Labute approximate surface area is 118 Å². The van der Waals surface area contributed by atoms with Gasteiger partial charge in [-0.05, 0) is 12.8 Å². The largest absolute Gasteiger partial charge is 1.00 e. The fraction of sp³-hybridized carbons (Fsp3) is 1.00. The van der Waals surface area contributed by atoms with E-state index in [2.05, 4.69) is 5.32 Å². The van der Waals surface area contributed by atoms with Crippen molar-refractivity contribution in [3.05, 3.63) is 0 Å². The average molecular weight is 261 g/mol. The van der Waals surface area contributed by atoms with Gasteiger partial charge in [0.2, 0.25) is 0 Å². The zero-order valence-electron chi connectivity index (χ0n) is 9.59. The van der Waals surface area contributed by atoms with E-state index in [-0.39, 0.29) is 42.6 Å². The van der Waals surface area contributed by atoms with Crippen LogP contribution in [0.2, 0.25) is 0 Å². The van der Waals surface area contributed by atoms with Gasteiger partial charge in [0, 0.05) is 32.8 Å². The van der Waals surface area contributed by atoms with E-state index in [0.29, 0.717) is 19.5 Å². The van der Waals surface area contributed by atoms with Gasteiger partial charge in [-0.25, -0.2) is 0 Å². The zero-order chi connectivity index (χ0) is 11.3. The molecular weight excluding hydrogens is 243 g/mol. The second-order valence-corrected chi connectivity index (χ2v) is 5.20. The summed E-state index contributed by atoms with van der Waals surface area (Å²) in [6, 6.07) is 0. The summed E-state index contributed by atoms with van der Waals surface area (Å²) in [5.41, 5.74) is 0. The first-order valence-corrected chi connectivity index (χ1v) is 6.58. The summed E-state index contributed by atoms with van der Waals surface area (Å²) in [4.78, 5) is 1.74. The van der Waals surface area contributed by atoms with Crippen molar-refractivity contribution in [2.45, 2.75) is 18.2 Å². The molecule has 1 aliphatic rings. The molecule has 8 heteroatoms. The Morgan fingerprint density at radius 2 is 1.88 bits per heavy atom. The number of aliphatic hydroxyl groups excluding tert-OH is 1. The number of rotatable bonds is 5. The van der Waals surface area contributed by atoms with Gasteiger partial charge in [0.1, 0.15) is 5.37 Å². The molecule has 0 aromatic carbocycles. The maximum atomic E-state index is 11.1.